The molecule has 1 aromatic carbocycles. The van der Waals surface area contributed by atoms with Crippen molar-refractivity contribution in [3.63, 3.8) is 0 Å². The van der Waals surface area contributed by atoms with Gasteiger partial charge in [0.15, 0.2) is 0 Å². The molecule has 1 amide bonds. The van der Waals surface area contributed by atoms with Gasteiger partial charge in [-0.05, 0) is 11.1 Å². The molecule has 0 heterocycles. The normalized spacial score (nSPS) is 8.33. The van der Waals surface area contributed by atoms with Crippen molar-refractivity contribution < 1.29 is 48.9 Å². The summed E-state index contributed by atoms with van der Waals surface area (Å²) in [7, 11) is 0. The largest absolute Gasteiger partial charge is 0.664 e. The van der Waals surface area contributed by atoms with Crippen molar-refractivity contribution in [1.82, 2.24) is 0 Å². The molecule has 0 unspecified atom stereocenters. The molecule has 0 atom stereocenters. The molecule has 1 aromatic rings. The van der Waals surface area contributed by atoms with Gasteiger partial charge in [0.05, 0.1) is 5.91 Å². The van der Waals surface area contributed by atoms with E-state index < -0.39 is 5.91 Å². The first-order valence-corrected chi connectivity index (χ1v) is 3.22. The van der Waals surface area contributed by atoms with Crippen LogP contribution < -0.4 is 0 Å². The van der Waals surface area contributed by atoms with Gasteiger partial charge >= 0.3 is 0 Å². The fourth-order valence-corrected chi connectivity index (χ4v) is 0.771. The van der Waals surface area contributed by atoms with Gasteiger partial charge in [-0.2, -0.15) is 0 Å². The third-order valence-electron chi connectivity index (χ3n) is 1.41. The third kappa shape index (κ3) is 3.08. The topological polar surface area (TPSA) is 40.9 Å². The van der Waals surface area contributed by atoms with Crippen molar-refractivity contribution in [3.8, 4) is 0 Å². The predicted octanol–water partition coefficient (Wildman–Crippen LogP) is 2.52. The first kappa shape index (κ1) is 11.9. The summed E-state index contributed by atoms with van der Waals surface area (Å²) in [5.41, 5.74) is 8.15. The quantitative estimate of drug-likeness (QED) is 0.786. The maximum absolute atomic E-state index is 10.5. The molecule has 59 valence electrons. The summed E-state index contributed by atoms with van der Waals surface area (Å²) in [5.74, 6) is -0.652. The number of hydrogen-bond donors (Lipinski definition) is 0. The molecule has 0 aliphatic rings. The molecule has 0 saturated heterocycles. The molecule has 12 heavy (non-hydrogen) atoms. The van der Waals surface area contributed by atoms with E-state index in [9.17, 15) is 4.79 Å². The minimum atomic E-state index is -0.652. The number of carbonyl (C=O) groups is 1. The van der Waals surface area contributed by atoms with Crippen molar-refractivity contribution in [3.05, 3.63) is 47.7 Å². The number of rotatable bonds is 2. The molecular weight excluding hydrogens is 365 g/mol. The van der Waals surface area contributed by atoms with E-state index in [0.717, 1.165) is 5.56 Å². The Labute approximate surface area is 107 Å². The number of hydrogen-bond acceptors (Lipinski definition) is 1. The van der Waals surface area contributed by atoms with Gasteiger partial charge in [-0.15, -0.1) is 0 Å². The van der Waals surface area contributed by atoms with Crippen LogP contribution in [0.1, 0.15) is 15.9 Å². The van der Waals surface area contributed by atoms with Crippen molar-refractivity contribution in [1.29, 1.82) is 0 Å². The van der Waals surface area contributed by atoms with Crippen LogP contribution in [0.15, 0.2) is 30.8 Å². The maximum Gasteiger partial charge on any atom is 0.0796 e. The van der Waals surface area contributed by atoms with E-state index in [1.807, 2.05) is 0 Å². The molecule has 1 rings (SSSR count). The standard InChI is InChI=1S/C9H9NO.Ac/c1-2-7-3-5-8(6-4-7)9(10)11;/h2-6H,1H2,(H2,10,11);/p-1. The molecule has 1 radical (unpaired) electrons. The second-order valence-electron chi connectivity index (χ2n) is 2.16. The van der Waals surface area contributed by atoms with Crippen LogP contribution in [-0.4, -0.2) is 5.91 Å². The average Bonchev–Trinajstić information content (AvgIpc) is 2.05. The molecule has 0 bridgehead atoms. The van der Waals surface area contributed by atoms with E-state index in [-0.39, 0.29) is 44.1 Å². The van der Waals surface area contributed by atoms with Crippen LogP contribution in [0.25, 0.3) is 11.8 Å². The Morgan fingerprint density at radius 2 is 1.83 bits per heavy atom. The van der Waals surface area contributed by atoms with Gasteiger partial charge in [0.1, 0.15) is 0 Å². The van der Waals surface area contributed by atoms with Crippen LogP contribution in [-0.2, 0) is 0 Å². The zero-order valence-corrected chi connectivity index (χ0v) is 11.3. The van der Waals surface area contributed by atoms with Gasteiger partial charge in [-0.1, -0.05) is 36.9 Å². The van der Waals surface area contributed by atoms with E-state index in [1.54, 1.807) is 30.3 Å². The molecule has 0 saturated carbocycles. The zero-order valence-electron chi connectivity index (χ0n) is 6.58. The fourth-order valence-electron chi connectivity index (χ4n) is 0.771. The smallest absolute Gasteiger partial charge is 0.0796 e. The van der Waals surface area contributed by atoms with Crippen molar-refractivity contribution in [2.45, 2.75) is 0 Å². The second-order valence-corrected chi connectivity index (χ2v) is 2.16. The van der Waals surface area contributed by atoms with Gasteiger partial charge in [-0.3, -0.25) is 0 Å². The minimum absolute atomic E-state index is 0. The Morgan fingerprint density at radius 1 is 1.33 bits per heavy atom. The van der Waals surface area contributed by atoms with E-state index >= 15 is 0 Å². The van der Waals surface area contributed by atoms with Crippen molar-refractivity contribution >= 4 is 12.0 Å². The van der Waals surface area contributed by atoms with Gasteiger partial charge in [-0.25, -0.2) is 0 Å². The molecule has 3 heteroatoms. The molecule has 2 nitrogen and oxygen atoms in total. The first-order chi connectivity index (χ1) is 5.24. The van der Waals surface area contributed by atoms with Crippen LogP contribution >= 0.6 is 0 Å². The molecule has 0 aliphatic carbocycles. The Morgan fingerprint density at radius 3 is 2.17 bits per heavy atom. The van der Waals surface area contributed by atoms with Gasteiger partial charge in [0.2, 0.25) is 0 Å². The Balaban J connectivity index is 0.00000121. The molecule has 0 spiro atoms. The summed E-state index contributed by atoms with van der Waals surface area (Å²) in [5, 5.41) is 0. The maximum atomic E-state index is 10.5. The number of nitrogens with one attached hydrogen (secondary N) is 1. The van der Waals surface area contributed by atoms with Crippen molar-refractivity contribution in [2.24, 2.45) is 0 Å². The molecule has 0 fully saturated rings. The predicted molar refractivity (Wildman–Crippen MR) is 45.2 cm³/mol. The average molecular weight is 373 g/mol. The SMILES string of the molecule is C=Cc1ccc(C([NH-])=O)cc1.[Ac]. The van der Waals surface area contributed by atoms with Crippen molar-refractivity contribution in [2.75, 3.05) is 0 Å². The van der Waals surface area contributed by atoms with E-state index in [1.165, 1.54) is 0 Å². The van der Waals surface area contributed by atoms with E-state index in [0.29, 0.717) is 5.56 Å². The summed E-state index contributed by atoms with van der Waals surface area (Å²) in [6.07, 6.45) is 1.69. The molecule has 0 aromatic heterocycles. The number of carbonyl (C=O) groups excluding carboxylic acids is 1. The van der Waals surface area contributed by atoms with E-state index in [2.05, 4.69) is 6.58 Å². The monoisotopic (exact) mass is 373 g/mol. The summed E-state index contributed by atoms with van der Waals surface area (Å²) >= 11 is 0. The number of amides is 1. The van der Waals surface area contributed by atoms with Crippen LogP contribution in [0.5, 0.6) is 0 Å². The van der Waals surface area contributed by atoms with Crippen LogP contribution in [0.4, 0.5) is 0 Å². The first-order valence-electron chi connectivity index (χ1n) is 3.22. The zero-order chi connectivity index (χ0) is 8.27. The fraction of sp³-hybridized carbons (Fsp3) is 0. The van der Waals surface area contributed by atoms with E-state index in [4.69, 9.17) is 5.73 Å². The second kappa shape index (κ2) is 5.51. The Kier molecular flexibility index (Phi) is 5.45. The summed E-state index contributed by atoms with van der Waals surface area (Å²) in [4.78, 5) is 10.5. The summed E-state index contributed by atoms with van der Waals surface area (Å²) in [6, 6.07) is 6.75. The molecule has 1 N–H and O–H groups in total. The summed E-state index contributed by atoms with van der Waals surface area (Å²) < 4.78 is 0. The Bertz CT molecular complexity index is 279. The van der Waals surface area contributed by atoms with Crippen LogP contribution in [0.2, 0.25) is 0 Å². The molecular formula is C9H8AcNO-. The van der Waals surface area contributed by atoms with Gasteiger partial charge in [0, 0.05) is 44.1 Å². The number of benzene rings is 1. The van der Waals surface area contributed by atoms with Gasteiger partial charge < -0.3 is 10.5 Å². The Hall–Kier alpha value is -0.128. The van der Waals surface area contributed by atoms with Gasteiger partial charge in [0.25, 0.3) is 0 Å². The van der Waals surface area contributed by atoms with Crippen LogP contribution in [0.3, 0.4) is 0 Å². The molecule has 0 aliphatic heterocycles. The van der Waals surface area contributed by atoms with Crippen LogP contribution in [0, 0.1) is 44.1 Å². The third-order valence-corrected chi connectivity index (χ3v) is 1.41. The minimum Gasteiger partial charge on any atom is -0.664 e. The summed E-state index contributed by atoms with van der Waals surface area (Å²) in [6.45, 7) is 3.57.